The van der Waals surface area contributed by atoms with E-state index in [2.05, 4.69) is 10.2 Å². The van der Waals surface area contributed by atoms with Gasteiger partial charge in [-0.25, -0.2) is 0 Å². The third-order valence-corrected chi connectivity index (χ3v) is 4.45. The molecule has 2 amide bonds. The zero-order valence-corrected chi connectivity index (χ0v) is 15.8. The molecule has 1 atom stereocenters. The second-order valence-electron chi connectivity index (χ2n) is 6.17. The number of nitrogens with one attached hydrogen (secondary N) is 1. The van der Waals surface area contributed by atoms with Crippen molar-refractivity contribution in [3.63, 3.8) is 0 Å². The summed E-state index contributed by atoms with van der Waals surface area (Å²) >= 11 is 5.83. The van der Waals surface area contributed by atoms with E-state index >= 15 is 0 Å². The summed E-state index contributed by atoms with van der Waals surface area (Å²) in [6.45, 7) is 4.55. The first kappa shape index (κ1) is 20.2. The molecule has 0 radical (unpaired) electrons. The molecule has 0 unspecified atom stereocenters. The molecule has 1 fully saturated rings. The van der Waals surface area contributed by atoms with Crippen LogP contribution in [0.15, 0.2) is 24.3 Å². The molecule has 1 aliphatic heterocycles. The quantitative estimate of drug-likeness (QED) is 0.748. The van der Waals surface area contributed by atoms with Gasteiger partial charge in [-0.1, -0.05) is 11.6 Å². The molecule has 0 aromatic heterocycles. The minimum absolute atomic E-state index is 0.196. The number of rotatable bonds is 6. The summed E-state index contributed by atoms with van der Waals surface area (Å²) in [5.74, 6) is -1.22. The Kier molecular flexibility index (Phi) is 7.41. The van der Waals surface area contributed by atoms with Gasteiger partial charge in [0.1, 0.15) is 6.04 Å². The Morgan fingerprint density at radius 1 is 1.15 bits per heavy atom. The maximum atomic E-state index is 12.8. The lowest BCUT2D eigenvalue weighted by atomic mass is 10.1. The number of hydrogen-bond donors (Lipinski definition) is 1. The number of ether oxygens (including phenoxy) is 1. The van der Waals surface area contributed by atoms with E-state index in [0.29, 0.717) is 23.7 Å². The first-order valence-electron chi connectivity index (χ1n) is 8.60. The van der Waals surface area contributed by atoms with Crippen molar-refractivity contribution >= 4 is 29.4 Å². The number of hydrogen-bond acceptors (Lipinski definition) is 5. The van der Waals surface area contributed by atoms with Crippen LogP contribution < -0.4 is 5.32 Å². The number of piperazine rings is 1. The fraction of sp³-hybridized carbons (Fsp3) is 0.500. The van der Waals surface area contributed by atoms with Gasteiger partial charge in [-0.15, -0.1) is 0 Å². The SMILES string of the molecule is CCOC(=O)C[C@H](NC(=O)c1ccc(Cl)cc1)C(=O)N1CCN(C)CC1. The molecular formula is C18H24ClN3O4. The Morgan fingerprint density at radius 3 is 2.35 bits per heavy atom. The van der Waals surface area contributed by atoms with Crippen LogP contribution in [0.3, 0.4) is 0 Å². The van der Waals surface area contributed by atoms with Gasteiger partial charge in [0, 0.05) is 36.8 Å². The highest BCUT2D eigenvalue weighted by Crippen LogP contribution is 2.11. The van der Waals surface area contributed by atoms with E-state index in [1.807, 2.05) is 7.05 Å². The molecule has 1 aliphatic rings. The van der Waals surface area contributed by atoms with Gasteiger partial charge in [-0.05, 0) is 38.2 Å². The predicted octanol–water partition coefficient (Wildman–Crippen LogP) is 1.17. The maximum Gasteiger partial charge on any atom is 0.308 e. The lowest BCUT2D eigenvalue weighted by Gasteiger charge is -2.34. The summed E-state index contributed by atoms with van der Waals surface area (Å²) in [6.07, 6.45) is -0.196. The van der Waals surface area contributed by atoms with Gasteiger partial charge in [0.15, 0.2) is 0 Å². The van der Waals surface area contributed by atoms with Gasteiger partial charge >= 0.3 is 5.97 Å². The highest BCUT2D eigenvalue weighted by Gasteiger charge is 2.30. The van der Waals surface area contributed by atoms with E-state index in [-0.39, 0.29) is 18.9 Å². The molecule has 1 saturated heterocycles. The van der Waals surface area contributed by atoms with E-state index < -0.39 is 17.9 Å². The van der Waals surface area contributed by atoms with E-state index in [4.69, 9.17) is 16.3 Å². The average molecular weight is 382 g/mol. The number of halogens is 1. The van der Waals surface area contributed by atoms with Crippen LogP contribution >= 0.6 is 11.6 Å². The van der Waals surface area contributed by atoms with Gasteiger partial charge in [0.05, 0.1) is 13.0 Å². The van der Waals surface area contributed by atoms with Crippen molar-refractivity contribution < 1.29 is 19.1 Å². The number of amides is 2. The van der Waals surface area contributed by atoms with Gasteiger partial charge < -0.3 is 19.9 Å². The molecule has 1 aromatic rings. The van der Waals surface area contributed by atoms with Gasteiger partial charge in [-0.2, -0.15) is 0 Å². The Labute approximate surface area is 158 Å². The smallest absolute Gasteiger partial charge is 0.308 e. The molecule has 7 nitrogen and oxygen atoms in total. The summed E-state index contributed by atoms with van der Waals surface area (Å²) in [4.78, 5) is 41.0. The molecule has 1 heterocycles. The Balaban J connectivity index is 2.09. The largest absolute Gasteiger partial charge is 0.466 e. The van der Waals surface area contributed by atoms with Gasteiger partial charge in [0.25, 0.3) is 5.91 Å². The predicted molar refractivity (Wildman–Crippen MR) is 98.0 cm³/mol. The minimum Gasteiger partial charge on any atom is -0.466 e. The molecule has 142 valence electrons. The van der Waals surface area contributed by atoms with Crippen LogP contribution in [-0.2, 0) is 14.3 Å². The highest BCUT2D eigenvalue weighted by molar-refractivity contribution is 6.30. The van der Waals surface area contributed by atoms with E-state index in [1.54, 1.807) is 36.1 Å². The van der Waals surface area contributed by atoms with Crippen molar-refractivity contribution in [3.05, 3.63) is 34.9 Å². The van der Waals surface area contributed by atoms with Crippen LogP contribution in [0.5, 0.6) is 0 Å². The summed E-state index contributed by atoms with van der Waals surface area (Å²) in [5, 5.41) is 3.17. The van der Waals surface area contributed by atoms with E-state index in [1.165, 1.54) is 0 Å². The molecule has 0 spiro atoms. The lowest BCUT2D eigenvalue weighted by molar-refractivity contribution is -0.147. The van der Waals surface area contributed by atoms with Crippen LogP contribution in [0, 0.1) is 0 Å². The third-order valence-electron chi connectivity index (χ3n) is 4.20. The fourth-order valence-corrected chi connectivity index (χ4v) is 2.80. The van der Waals surface area contributed by atoms with E-state index in [0.717, 1.165) is 13.1 Å². The van der Waals surface area contributed by atoms with Crippen LogP contribution in [0.4, 0.5) is 0 Å². The molecule has 0 saturated carbocycles. The number of carbonyl (C=O) groups excluding carboxylic acids is 3. The molecule has 1 N–H and O–H groups in total. The van der Waals surface area contributed by atoms with Crippen molar-refractivity contribution in [2.75, 3.05) is 39.8 Å². The minimum atomic E-state index is -0.958. The molecule has 0 bridgehead atoms. The second-order valence-corrected chi connectivity index (χ2v) is 6.61. The van der Waals surface area contributed by atoms with Gasteiger partial charge in [-0.3, -0.25) is 14.4 Å². The number of esters is 1. The van der Waals surface area contributed by atoms with Crippen LogP contribution in [0.1, 0.15) is 23.7 Å². The lowest BCUT2D eigenvalue weighted by Crippen LogP contribution is -2.54. The van der Waals surface area contributed by atoms with Crippen molar-refractivity contribution in [3.8, 4) is 0 Å². The van der Waals surface area contributed by atoms with Gasteiger partial charge in [0.2, 0.25) is 5.91 Å². The van der Waals surface area contributed by atoms with Crippen molar-refractivity contribution in [1.82, 2.24) is 15.1 Å². The maximum absolute atomic E-state index is 12.8. The normalized spacial score (nSPS) is 16.0. The zero-order chi connectivity index (χ0) is 19.1. The fourth-order valence-electron chi connectivity index (χ4n) is 2.68. The number of nitrogens with zero attached hydrogens (tertiary/aromatic N) is 2. The molecule has 8 heteroatoms. The monoisotopic (exact) mass is 381 g/mol. The van der Waals surface area contributed by atoms with E-state index in [9.17, 15) is 14.4 Å². The van der Waals surface area contributed by atoms with Crippen LogP contribution in [-0.4, -0.2) is 73.5 Å². The Hall–Kier alpha value is -2.12. The topological polar surface area (TPSA) is 78.9 Å². The van der Waals surface area contributed by atoms with Crippen LogP contribution in [0.25, 0.3) is 0 Å². The standard InChI is InChI=1S/C18H24ClN3O4/c1-3-26-16(23)12-15(18(25)22-10-8-21(2)9-11-22)20-17(24)13-4-6-14(19)7-5-13/h4-7,15H,3,8-12H2,1-2H3,(H,20,24)/t15-/m0/s1. The summed E-state index contributed by atoms with van der Waals surface area (Å²) in [7, 11) is 1.99. The summed E-state index contributed by atoms with van der Waals surface area (Å²) in [6, 6.07) is 5.37. The Bertz CT molecular complexity index is 642. The molecule has 1 aromatic carbocycles. The van der Waals surface area contributed by atoms with Crippen molar-refractivity contribution in [2.45, 2.75) is 19.4 Å². The third kappa shape index (κ3) is 5.71. The summed E-state index contributed by atoms with van der Waals surface area (Å²) < 4.78 is 4.94. The zero-order valence-electron chi connectivity index (χ0n) is 15.0. The summed E-state index contributed by atoms with van der Waals surface area (Å²) in [5.41, 5.74) is 0.370. The molecule has 26 heavy (non-hydrogen) atoms. The first-order valence-corrected chi connectivity index (χ1v) is 8.98. The van der Waals surface area contributed by atoms with Crippen LogP contribution in [0.2, 0.25) is 5.02 Å². The molecule has 0 aliphatic carbocycles. The number of benzene rings is 1. The highest BCUT2D eigenvalue weighted by atomic mass is 35.5. The first-order chi connectivity index (χ1) is 12.4. The number of carbonyl (C=O) groups is 3. The molecule has 2 rings (SSSR count). The molecular weight excluding hydrogens is 358 g/mol. The van der Waals surface area contributed by atoms with Crippen molar-refractivity contribution in [1.29, 1.82) is 0 Å². The number of likely N-dealkylation sites (N-methyl/N-ethyl adjacent to an activating group) is 1. The Morgan fingerprint density at radius 2 is 1.77 bits per heavy atom. The second kappa shape index (κ2) is 9.54. The van der Waals surface area contributed by atoms with Crippen molar-refractivity contribution in [2.24, 2.45) is 0 Å². The average Bonchev–Trinajstić information content (AvgIpc) is 2.62.